The SMILES string of the molecule is Cc1nonc1COc1ccc([C@@H](C)O)cc1. The molecule has 2 aromatic rings. The van der Waals surface area contributed by atoms with Crippen LogP contribution >= 0.6 is 0 Å². The molecule has 0 radical (unpaired) electrons. The molecule has 0 aliphatic carbocycles. The van der Waals surface area contributed by atoms with Crippen molar-refractivity contribution in [2.75, 3.05) is 0 Å². The maximum atomic E-state index is 9.36. The molecule has 1 atom stereocenters. The fraction of sp³-hybridized carbons (Fsp3) is 0.333. The Balaban J connectivity index is 1.98. The quantitative estimate of drug-likeness (QED) is 0.876. The molecule has 0 spiro atoms. The van der Waals surface area contributed by atoms with Crippen molar-refractivity contribution in [3.63, 3.8) is 0 Å². The molecule has 0 amide bonds. The molecule has 0 fully saturated rings. The van der Waals surface area contributed by atoms with Crippen LogP contribution < -0.4 is 4.74 Å². The molecule has 90 valence electrons. The van der Waals surface area contributed by atoms with E-state index in [4.69, 9.17) is 4.74 Å². The highest BCUT2D eigenvalue weighted by atomic mass is 16.6. The monoisotopic (exact) mass is 234 g/mol. The van der Waals surface area contributed by atoms with Crippen LogP contribution in [0.2, 0.25) is 0 Å². The lowest BCUT2D eigenvalue weighted by molar-refractivity contribution is 0.199. The molecule has 5 nitrogen and oxygen atoms in total. The van der Waals surface area contributed by atoms with Gasteiger partial charge in [0.1, 0.15) is 23.7 Å². The van der Waals surface area contributed by atoms with Crippen LogP contribution in [0.15, 0.2) is 28.9 Å². The van der Waals surface area contributed by atoms with Gasteiger partial charge >= 0.3 is 0 Å². The normalized spacial score (nSPS) is 12.4. The van der Waals surface area contributed by atoms with Crippen LogP contribution in [0.4, 0.5) is 0 Å². The lowest BCUT2D eigenvalue weighted by Gasteiger charge is -2.07. The van der Waals surface area contributed by atoms with Gasteiger partial charge in [-0.05, 0) is 31.5 Å². The summed E-state index contributed by atoms with van der Waals surface area (Å²) < 4.78 is 10.1. The second-order valence-corrected chi connectivity index (χ2v) is 3.83. The lowest BCUT2D eigenvalue weighted by atomic mass is 10.1. The number of ether oxygens (including phenoxy) is 1. The number of hydrogen-bond donors (Lipinski definition) is 1. The molecule has 5 heteroatoms. The summed E-state index contributed by atoms with van der Waals surface area (Å²) in [5, 5.41) is 16.8. The molecule has 1 aromatic heterocycles. The predicted octanol–water partition coefficient (Wildman–Crippen LogP) is 2.01. The Kier molecular flexibility index (Phi) is 3.39. The average molecular weight is 234 g/mol. The van der Waals surface area contributed by atoms with E-state index in [0.29, 0.717) is 12.3 Å². The minimum Gasteiger partial charge on any atom is -0.487 e. The van der Waals surface area contributed by atoms with Crippen molar-refractivity contribution in [1.29, 1.82) is 0 Å². The summed E-state index contributed by atoms with van der Waals surface area (Å²) in [6.07, 6.45) is -0.467. The molecule has 1 aromatic carbocycles. The van der Waals surface area contributed by atoms with Gasteiger partial charge in [-0.1, -0.05) is 22.4 Å². The van der Waals surface area contributed by atoms with E-state index in [2.05, 4.69) is 14.9 Å². The minimum atomic E-state index is -0.467. The number of nitrogens with zero attached hydrogens (tertiary/aromatic N) is 2. The number of benzene rings is 1. The first-order valence-corrected chi connectivity index (χ1v) is 5.35. The van der Waals surface area contributed by atoms with E-state index < -0.39 is 6.10 Å². The highest BCUT2D eigenvalue weighted by molar-refractivity contribution is 5.28. The molecule has 0 saturated carbocycles. The summed E-state index contributed by atoms with van der Waals surface area (Å²) in [4.78, 5) is 0. The second-order valence-electron chi connectivity index (χ2n) is 3.83. The van der Waals surface area contributed by atoms with Gasteiger partial charge in [-0.25, -0.2) is 4.63 Å². The van der Waals surface area contributed by atoms with Gasteiger partial charge in [0.05, 0.1) is 6.10 Å². The lowest BCUT2D eigenvalue weighted by Crippen LogP contribution is -1.98. The van der Waals surface area contributed by atoms with Crippen molar-refractivity contribution >= 4 is 0 Å². The van der Waals surface area contributed by atoms with Gasteiger partial charge in [-0.3, -0.25) is 0 Å². The van der Waals surface area contributed by atoms with Crippen LogP contribution in [-0.2, 0) is 6.61 Å². The molecular weight excluding hydrogens is 220 g/mol. The molecule has 0 aliphatic heterocycles. The molecule has 0 bridgehead atoms. The van der Waals surface area contributed by atoms with Crippen molar-refractivity contribution in [2.24, 2.45) is 0 Å². The number of aryl methyl sites for hydroxylation is 1. The first-order valence-electron chi connectivity index (χ1n) is 5.35. The summed E-state index contributed by atoms with van der Waals surface area (Å²) >= 11 is 0. The standard InChI is InChI=1S/C12H14N2O3/c1-8-12(14-17-13-8)7-16-11-5-3-10(4-6-11)9(2)15/h3-6,9,15H,7H2,1-2H3/t9-/m1/s1. The predicted molar refractivity (Wildman–Crippen MR) is 60.4 cm³/mol. The first kappa shape index (κ1) is 11.6. The number of hydrogen-bond acceptors (Lipinski definition) is 5. The van der Waals surface area contributed by atoms with Gasteiger partial charge in [-0.15, -0.1) is 0 Å². The third-order valence-electron chi connectivity index (χ3n) is 2.48. The fourth-order valence-electron chi connectivity index (χ4n) is 1.37. The Morgan fingerprint density at radius 2 is 2.00 bits per heavy atom. The van der Waals surface area contributed by atoms with Crippen LogP contribution in [0, 0.1) is 6.92 Å². The maximum absolute atomic E-state index is 9.36. The Labute approximate surface area is 99.0 Å². The highest BCUT2D eigenvalue weighted by Gasteiger charge is 2.06. The van der Waals surface area contributed by atoms with Gasteiger partial charge in [0.15, 0.2) is 0 Å². The van der Waals surface area contributed by atoms with E-state index in [9.17, 15) is 5.11 Å². The Morgan fingerprint density at radius 3 is 2.53 bits per heavy atom. The van der Waals surface area contributed by atoms with Crippen molar-refractivity contribution in [1.82, 2.24) is 10.3 Å². The van der Waals surface area contributed by atoms with Crippen molar-refractivity contribution in [3.8, 4) is 5.75 Å². The third kappa shape index (κ3) is 2.82. The Morgan fingerprint density at radius 1 is 1.29 bits per heavy atom. The van der Waals surface area contributed by atoms with E-state index in [-0.39, 0.29) is 0 Å². The van der Waals surface area contributed by atoms with Crippen LogP contribution in [0.25, 0.3) is 0 Å². The van der Waals surface area contributed by atoms with Gasteiger partial charge in [0, 0.05) is 0 Å². The van der Waals surface area contributed by atoms with Gasteiger partial charge in [0.2, 0.25) is 0 Å². The molecule has 0 aliphatic rings. The topological polar surface area (TPSA) is 68.4 Å². The van der Waals surface area contributed by atoms with E-state index in [0.717, 1.165) is 17.0 Å². The number of aliphatic hydroxyl groups excluding tert-OH is 1. The second kappa shape index (κ2) is 4.97. The van der Waals surface area contributed by atoms with E-state index >= 15 is 0 Å². The van der Waals surface area contributed by atoms with Crippen LogP contribution in [-0.4, -0.2) is 15.4 Å². The van der Waals surface area contributed by atoms with E-state index in [1.165, 1.54) is 0 Å². The summed E-state index contributed by atoms with van der Waals surface area (Å²) in [5.74, 6) is 0.719. The summed E-state index contributed by atoms with van der Waals surface area (Å²) in [7, 11) is 0. The average Bonchev–Trinajstić information content (AvgIpc) is 2.73. The van der Waals surface area contributed by atoms with Crippen LogP contribution in [0.1, 0.15) is 30.0 Å². The van der Waals surface area contributed by atoms with Crippen molar-refractivity contribution in [2.45, 2.75) is 26.6 Å². The summed E-state index contributed by atoms with van der Waals surface area (Å²) in [5.41, 5.74) is 2.27. The molecule has 0 unspecified atom stereocenters. The van der Waals surface area contributed by atoms with E-state index in [1.54, 1.807) is 6.92 Å². The Bertz CT molecular complexity index is 477. The maximum Gasteiger partial charge on any atom is 0.145 e. The highest BCUT2D eigenvalue weighted by Crippen LogP contribution is 2.18. The van der Waals surface area contributed by atoms with Gasteiger partial charge < -0.3 is 9.84 Å². The largest absolute Gasteiger partial charge is 0.487 e. The summed E-state index contributed by atoms with van der Waals surface area (Å²) in [6, 6.07) is 7.28. The van der Waals surface area contributed by atoms with Crippen molar-refractivity contribution in [3.05, 3.63) is 41.2 Å². The molecular formula is C12H14N2O3. The number of aromatic nitrogens is 2. The van der Waals surface area contributed by atoms with Gasteiger partial charge in [0.25, 0.3) is 0 Å². The van der Waals surface area contributed by atoms with Crippen LogP contribution in [0.5, 0.6) is 5.75 Å². The Hall–Kier alpha value is -1.88. The summed E-state index contributed by atoms with van der Waals surface area (Å²) in [6.45, 7) is 3.86. The zero-order valence-electron chi connectivity index (χ0n) is 9.75. The number of rotatable bonds is 4. The molecule has 0 saturated heterocycles. The van der Waals surface area contributed by atoms with Crippen molar-refractivity contribution < 1.29 is 14.5 Å². The van der Waals surface area contributed by atoms with E-state index in [1.807, 2.05) is 31.2 Å². The molecule has 17 heavy (non-hydrogen) atoms. The fourth-order valence-corrected chi connectivity index (χ4v) is 1.37. The van der Waals surface area contributed by atoms with Gasteiger partial charge in [-0.2, -0.15) is 0 Å². The smallest absolute Gasteiger partial charge is 0.145 e. The van der Waals surface area contributed by atoms with Crippen LogP contribution in [0.3, 0.4) is 0 Å². The first-order chi connectivity index (χ1) is 8.16. The molecule has 2 rings (SSSR count). The minimum absolute atomic E-state index is 0.323. The zero-order chi connectivity index (χ0) is 12.3. The molecule has 1 N–H and O–H groups in total. The third-order valence-corrected chi connectivity index (χ3v) is 2.48. The zero-order valence-corrected chi connectivity index (χ0v) is 9.75. The number of aliphatic hydroxyl groups is 1. The molecule has 1 heterocycles.